The summed E-state index contributed by atoms with van der Waals surface area (Å²) in [5.41, 5.74) is 0.906. The average Bonchev–Trinajstić information content (AvgIpc) is 2.36. The maximum Gasteiger partial charge on any atom is 0.142 e. The molecule has 1 saturated heterocycles. The molecule has 0 spiro atoms. The number of nitrogens with zero attached hydrogens (tertiary/aromatic N) is 1. The van der Waals surface area contributed by atoms with E-state index >= 15 is 0 Å². The Labute approximate surface area is 118 Å². The highest BCUT2D eigenvalue weighted by Crippen LogP contribution is 2.25. The zero-order valence-corrected chi connectivity index (χ0v) is 11.6. The molecule has 1 N–H and O–H groups in total. The first-order valence-corrected chi connectivity index (χ1v) is 6.12. The van der Waals surface area contributed by atoms with E-state index in [1.165, 1.54) is 6.07 Å². The number of halogens is 3. The minimum Gasteiger partial charge on any atom is -0.314 e. The maximum atomic E-state index is 13.4. The van der Waals surface area contributed by atoms with Crippen molar-refractivity contribution in [2.75, 3.05) is 26.2 Å². The fourth-order valence-corrected chi connectivity index (χ4v) is 2.27. The SMILES string of the molecule is C=C[C@H](c1ccc(Cl)c(F)c1)N1CCNCC1.Cl. The van der Waals surface area contributed by atoms with E-state index in [-0.39, 0.29) is 29.3 Å². The van der Waals surface area contributed by atoms with Gasteiger partial charge in [0, 0.05) is 26.2 Å². The number of benzene rings is 1. The number of hydrogen-bond donors (Lipinski definition) is 1. The van der Waals surface area contributed by atoms with Crippen LogP contribution in [-0.2, 0) is 0 Å². The van der Waals surface area contributed by atoms with E-state index in [0.717, 1.165) is 31.7 Å². The molecule has 0 saturated carbocycles. The second kappa shape index (κ2) is 7.10. The Hall–Kier alpha value is -0.610. The van der Waals surface area contributed by atoms with E-state index in [9.17, 15) is 4.39 Å². The third kappa shape index (κ3) is 3.45. The molecule has 1 atom stereocenters. The number of nitrogens with one attached hydrogen (secondary N) is 1. The van der Waals surface area contributed by atoms with Gasteiger partial charge in [-0.1, -0.05) is 23.7 Å². The van der Waals surface area contributed by atoms with Crippen molar-refractivity contribution in [3.05, 3.63) is 47.3 Å². The van der Waals surface area contributed by atoms with Gasteiger partial charge in [0.2, 0.25) is 0 Å². The van der Waals surface area contributed by atoms with Crippen LogP contribution in [-0.4, -0.2) is 31.1 Å². The van der Waals surface area contributed by atoms with E-state index in [2.05, 4.69) is 16.8 Å². The molecular formula is C13H17Cl2FN2. The molecule has 5 heteroatoms. The van der Waals surface area contributed by atoms with Crippen LogP contribution in [0.2, 0.25) is 5.02 Å². The third-order valence-corrected chi connectivity index (χ3v) is 3.36. The largest absolute Gasteiger partial charge is 0.314 e. The standard InChI is InChI=1S/C13H16ClFN2.ClH/c1-2-13(17-7-5-16-6-8-17)10-3-4-11(14)12(15)9-10;/h2-4,9,13,16H,1,5-8H2;1H/t13-;/m1./s1. The second-order valence-corrected chi connectivity index (χ2v) is 4.55. The first-order chi connectivity index (χ1) is 8.22. The van der Waals surface area contributed by atoms with Crippen molar-refractivity contribution in [2.24, 2.45) is 0 Å². The van der Waals surface area contributed by atoms with Crippen LogP contribution in [0.1, 0.15) is 11.6 Å². The van der Waals surface area contributed by atoms with Crippen LogP contribution in [0.15, 0.2) is 30.9 Å². The molecule has 0 radical (unpaired) electrons. The molecule has 0 amide bonds. The monoisotopic (exact) mass is 290 g/mol. The molecule has 0 aromatic heterocycles. The van der Waals surface area contributed by atoms with Gasteiger partial charge in [0.25, 0.3) is 0 Å². The predicted octanol–water partition coefficient (Wildman–Crippen LogP) is 3.03. The van der Waals surface area contributed by atoms with Crippen LogP contribution in [0.5, 0.6) is 0 Å². The molecule has 0 unspecified atom stereocenters. The van der Waals surface area contributed by atoms with Gasteiger partial charge in [-0.15, -0.1) is 19.0 Å². The quantitative estimate of drug-likeness (QED) is 0.861. The molecule has 18 heavy (non-hydrogen) atoms. The van der Waals surface area contributed by atoms with E-state index in [1.54, 1.807) is 6.07 Å². The summed E-state index contributed by atoms with van der Waals surface area (Å²) in [7, 11) is 0. The number of hydrogen-bond acceptors (Lipinski definition) is 2. The summed E-state index contributed by atoms with van der Waals surface area (Å²) in [4.78, 5) is 2.28. The molecule has 2 rings (SSSR count). The summed E-state index contributed by atoms with van der Waals surface area (Å²) in [6.45, 7) is 7.66. The number of piperazine rings is 1. The van der Waals surface area contributed by atoms with Crippen LogP contribution in [0.4, 0.5) is 4.39 Å². The van der Waals surface area contributed by atoms with Gasteiger partial charge in [-0.25, -0.2) is 4.39 Å². The second-order valence-electron chi connectivity index (χ2n) is 4.14. The molecule has 0 aliphatic carbocycles. The van der Waals surface area contributed by atoms with Crippen molar-refractivity contribution in [2.45, 2.75) is 6.04 Å². The molecule has 1 fully saturated rings. The van der Waals surface area contributed by atoms with Gasteiger partial charge in [-0.05, 0) is 17.7 Å². The highest BCUT2D eigenvalue weighted by Gasteiger charge is 2.20. The first-order valence-electron chi connectivity index (χ1n) is 5.74. The first kappa shape index (κ1) is 15.4. The Morgan fingerprint density at radius 2 is 2.06 bits per heavy atom. The van der Waals surface area contributed by atoms with Crippen LogP contribution in [0.3, 0.4) is 0 Å². The molecule has 1 aliphatic rings. The van der Waals surface area contributed by atoms with Gasteiger partial charge in [-0.2, -0.15) is 0 Å². The van der Waals surface area contributed by atoms with E-state index in [0.29, 0.717) is 0 Å². The van der Waals surface area contributed by atoms with Crippen molar-refractivity contribution < 1.29 is 4.39 Å². The normalized spacial score (nSPS) is 17.9. The van der Waals surface area contributed by atoms with E-state index in [1.807, 2.05) is 12.1 Å². The van der Waals surface area contributed by atoms with Crippen molar-refractivity contribution in [1.29, 1.82) is 0 Å². The van der Waals surface area contributed by atoms with Gasteiger partial charge in [0.15, 0.2) is 0 Å². The van der Waals surface area contributed by atoms with E-state index < -0.39 is 0 Å². The lowest BCUT2D eigenvalue weighted by molar-refractivity contribution is 0.203. The van der Waals surface area contributed by atoms with Gasteiger partial charge >= 0.3 is 0 Å². The van der Waals surface area contributed by atoms with Crippen molar-refractivity contribution in [3.63, 3.8) is 0 Å². The topological polar surface area (TPSA) is 15.3 Å². The Morgan fingerprint density at radius 3 is 2.61 bits per heavy atom. The molecule has 1 aromatic rings. The fourth-order valence-electron chi connectivity index (χ4n) is 2.15. The van der Waals surface area contributed by atoms with Gasteiger partial charge in [-0.3, -0.25) is 4.90 Å². The lowest BCUT2D eigenvalue weighted by atomic mass is 10.0. The Kier molecular flexibility index (Phi) is 6.09. The molecule has 1 aliphatic heterocycles. The Bertz CT molecular complexity index is 406. The highest BCUT2D eigenvalue weighted by molar-refractivity contribution is 6.30. The zero-order valence-electron chi connectivity index (χ0n) is 10.0. The lowest BCUT2D eigenvalue weighted by Gasteiger charge is -2.33. The lowest BCUT2D eigenvalue weighted by Crippen LogP contribution is -2.44. The van der Waals surface area contributed by atoms with Crippen LogP contribution in [0.25, 0.3) is 0 Å². The van der Waals surface area contributed by atoms with Gasteiger partial charge < -0.3 is 5.32 Å². The van der Waals surface area contributed by atoms with Crippen LogP contribution >= 0.6 is 24.0 Å². The average molecular weight is 291 g/mol. The Morgan fingerprint density at radius 1 is 1.39 bits per heavy atom. The van der Waals surface area contributed by atoms with Gasteiger partial charge in [0.05, 0.1) is 11.1 Å². The van der Waals surface area contributed by atoms with Crippen LogP contribution < -0.4 is 5.32 Å². The summed E-state index contributed by atoms with van der Waals surface area (Å²) in [6, 6.07) is 5.02. The molecule has 0 bridgehead atoms. The number of rotatable bonds is 3. The van der Waals surface area contributed by atoms with Gasteiger partial charge in [0.1, 0.15) is 5.82 Å². The smallest absolute Gasteiger partial charge is 0.142 e. The molecule has 1 aromatic carbocycles. The summed E-state index contributed by atoms with van der Waals surface area (Å²) in [5, 5.41) is 3.46. The van der Waals surface area contributed by atoms with Crippen molar-refractivity contribution >= 4 is 24.0 Å². The van der Waals surface area contributed by atoms with Crippen molar-refractivity contribution in [1.82, 2.24) is 10.2 Å². The summed E-state index contributed by atoms with van der Waals surface area (Å²) in [6.07, 6.45) is 1.86. The third-order valence-electron chi connectivity index (χ3n) is 3.05. The molecule has 1 heterocycles. The zero-order chi connectivity index (χ0) is 12.3. The summed E-state index contributed by atoms with van der Waals surface area (Å²) < 4.78 is 13.4. The van der Waals surface area contributed by atoms with Crippen LogP contribution in [0, 0.1) is 5.82 Å². The fraction of sp³-hybridized carbons (Fsp3) is 0.385. The maximum absolute atomic E-state index is 13.4. The molecule has 100 valence electrons. The Balaban J connectivity index is 0.00000162. The minimum absolute atomic E-state index is 0. The summed E-state index contributed by atoms with van der Waals surface area (Å²) >= 11 is 5.69. The molecule has 2 nitrogen and oxygen atoms in total. The predicted molar refractivity (Wildman–Crippen MR) is 76.0 cm³/mol. The van der Waals surface area contributed by atoms with Crippen molar-refractivity contribution in [3.8, 4) is 0 Å². The van der Waals surface area contributed by atoms with E-state index in [4.69, 9.17) is 11.6 Å². The summed E-state index contributed by atoms with van der Waals surface area (Å²) in [5.74, 6) is -0.369. The minimum atomic E-state index is -0.369. The molecular weight excluding hydrogens is 274 g/mol. The highest BCUT2D eigenvalue weighted by atomic mass is 35.5.